The first kappa shape index (κ1) is 21.0. The first-order valence-electron chi connectivity index (χ1n) is 11.0. The van der Waals surface area contributed by atoms with E-state index in [2.05, 4.69) is 9.80 Å². The van der Waals surface area contributed by atoms with Crippen LogP contribution in [0.3, 0.4) is 0 Å². The van der Waals surface area contributed by atoms with E-state index >= 15 is 0 Å². The van der Waals surface area contributed by atoms with E-state index in [1.54, 1.807) is 13.2 Å². The average Bonchev–Trinajstić information content (AvgIpc) is 3.14. The molecule has 0 unspecified atom stereocenters. The quantitative estimate of drug-likeness (QED) is 0.668. The Labute approximate surface area is 188 Å². The number of allylic oxidation sites excluding steroid dienone is 1. The summed E-state index contributed by atoms with van der Waals surface area (Å²) in [5, 5.41) is 0. The number of ketones is 1. The molecule has 32 heavy (non-hydrogen) atoms. The van der Waals surface area contributed by atoms with E-state index in [0.717, 1.165) is 74.1 Å². The van der Waals surface area contributed by atoms with Gasteiger partial charge in [-0.3, -0.25) is 14.6 Å². The Morgan fingerprint density at radius 3 is 2.56 bits per heavy atom. The van der Waals surface area contributed by atoms with E-state index in [-0.39, 0.29) is 5.78 Å². The second kappa shape index (κ2) is 8.94. The molecule has 2 aromatic carbocycles. The monoisotopic (exact) mass is 436 g/mol. The van der Waals surface area contributed by atoms with Crippen LogP contribution < -0.4 is 14.2 Å². The third kappa shape index (κ3) is 4.11. The van der Waals surface area contributed by atoms with E-state index in [1.807, 2.05) is 37.3 Å². The first-order chi connectivity index (χ1) is 15.6. The van der Waals surface area contributed by atoms with Crippen LogP contribution in [0.15, 0.2) is 36.1 Å². The molecule has 7 heteroatoms. The second-order valence-electron chi connectivity index (χ2n) is 8.36. The molecule has 5 rings (SSSR count). The molecule has 0 bridgehead atoms. The highest BCUT2D eigenvalue weighted by Crippen LogP contribution is 2.43. The molecule has 2 aromatic rings. The Hall–Kier alpha value is -2.87. The lowest BCUT2D eigenvalue weighted by Gasteiger charge is -2.33. The van der Waals surface area contributed by atoms with Gasteiger partial charge in [0.05, 0.1) is 25.9 Å². The van der Waals surface area contributed by atoms with Crippen molar-refractivity contribution in [3.05, 3.63) is 58.3 Å². The van der Waals surface area contributed by atoms with E-state index in [1.165, 1.54) is 0 Å². The summed E-state index contributed by atoms with van der Waals surface area (Å²) in [6.45, 7) is 8.74. The lowest BCUT2D eigenvalue weighted by Crippen LogP contribution is -2.43. The predicted octanol–water partition coefficient (Wildman–Crippen LogP) is 3.10. The average molecular weight is 437 g/mol. The van der Waals surface area contributed by atoms with Crippen molar-refractivity contribution >= 4 is 11.9 Å². The van der Waals surface area contributed by atoms with Crippen molar-refractivity contribution in [2.45, 2.75) is 13.5 Å². The molecule has 1 fully saturated rings. The predicted molar refractivity (Wildman–Crippen MR) is 120 cm³/mol. The van der Waals surface area contributed by atoms with E-state index in [9.17, 15) is 4.79 Å². The van der Waals surface area contributed by atoms with Gasteiger partial charge in [0, 0.05) is 43.9 Å². The number of fused-ring (bicyclic) bond motifs is 2. The fourth-order valence-electron chi connectivity index (χ4n) is 4.40. The van der Waals surface area contributed by atoms with Crippen molar-refractivity contribution < 1.29 is 23.7 Å². The van der Waals surface area contributed by atoms with Crippen LogP contribution in [0.5, 0.6) is 17.2 Å². The molecule has 0 amide bonds. The van der Waals surface area contributed by atoms with Gasteiger partial charge in [-0.1, -0.05) is 12.1 Å². The summed E-state index contributed by atoms with van der Waals surface area (Å²) in [6, 6.07) is 9.47. The summed E-state index contributed by atoms with van der Waals surface area (Å²) in [5.74, 6) is 2.46. The number of carbonyl (C=O) groups is 1. The smallest absolute Gasteiger partial charge is 0.231 e. The maximum Gasteiger partial charge on any atom is 0.231 e. The molecular formula is C25H28N2O5. The van der Waals surface area contributed by atoms with Crippen molar-refractivity contribution in [2.75, 3.05) is 53.2 Å². The number of ether oxygens (including phenoxy) is 4. The normalized spacial score (nSPS) is 19.9. The molecule has 0 atom stereocenters. The second-order valence-corrected chi connectivity index (χ2v) is 8.36. The SMILES string of the molecule is COc1ccc(/C=C2\Oc3c(cc4c(c3C)OCN(CCN3CCOCC3)C4)C2=O)cc1. The third-order valence-electron chi connectivity index (χ3n) is 6.25. The fourth-order valence-corrected chi connectivity index (χ4v) is 4.40. The zero-order valence-corrected chi connectivity index (χ0v) is 18.6. The summed E-state index contributed by atoms with van der Waals surface area (Å²) in [4.78, 5) is 17.8. The lowest BCUT2D eigenvalue weighted by atomic mass is 10.00. The van der Waals surface area contributed by atoms with Gasteiger partial charge in [0.2, 0.25) is 5.78 Å². The summed E-state index contributed by atoms with van der Waals surface area (Å²) in [7, 11) is 1.63. The molecule has 0 radical (unpaired) electrons. The highest BCUT2D eigenvalue weighted by atomic mass is 16.5. The van der Waals surface area contributed by atoms with Gasteiger partial charge >= 0.3 is 0 Å². The molecule has 3 aliphatic rings. The van der Waals surface area contributed by atoms with Crippen molar-refractivity contribution in [3.8, 4) is 17.2 Å². The van der Waals surface area contributed by atoms with Crippen molar-refractivity contribution in [1.82, 2.24) is 9.80 Å². The summed E-state index contributed by atoms with van der Waals surface area (Å²) >= 11 is 0. The van der Waals surface area contributed by atoms with Crippen LogP contribution in [0.25, 0.3) is 6.08 Å². The number of methoxy groups -OCH3 is 1. The third-order valence-corrected chi connectivity index (χ3v) is 6.25. The number of carbonyl (C=O) groups excluding carboxylic acids is 1. The number of morpholine rings is 1. The van der Waals surface area contributed by atoms with Crippen LogP contribution in [0.1, 0.15) is 27.0 Å². The Morgan fingerprint density at radius 1 is 1.06 bits per heavy atom. The molecule has 0 aromatic heterocycles. The molecular weight excluding hydrogens is 408 g/mol. The zero-order chi connectivity index (χ0) is 22.1. The van der Waals surface area contributed by atoms with Crippen molar-refractivity contribution in [2.24, 2.45) is 0 Å². The number of hydrogen-bond acceptors (Lipinski definition) is 7. The number of benzene rings is 2. The molecule has 3 aliphatic heterocycles. The molecule has 0 aliphatic carbocycles. The van der Waals surface area contributed by atoms with Crippen LogP contribution in [0.4, 0.5) is 0 Å². The van der Waals surface area contributed by atoms with Crippen LogP contribution in [-0.2, 0) is 11.3 Å². The fraction of sp³-hybridized carbons (Fsp3) is 0.400. The molecule has 3 heterocycles. The largest absolute Gasteiger partial charge is 0.497 e. The highest BCUT2D eigenvalue weighted by molar-refractivity contribution is 6.15. The van der Waals surface area contributed by atoms with Crippen LogP contribution in [0.2, 0.25) is 0 Å². The summed E-state index contributed by atoms with van der Waals surface area (Å²) < 4.78 is 22.7. The topological polar surface area (TPSA) is 60.5 Å². The van der Waals surface area contributed by atoms with Gasteiger partial charge in [0.25, 0.3) is 0 Å². The summed E-state index contributed by atoms with van der Waals surface area (Å²) in [5.41, 5.74) is 3.42. The lowest BCUT2D eigenvalue weighted by molar-refractivity contribution is 0.0239. The highest BCUT2D eigenvalue weighted by Gasteiger charge is 2.33. The van der Waals surface area contributed by atoms with Gasteiger partial charge in [-0.2, -0.15) is 0 Å². The van der Waals surface area contributed by atoms with Gasteiger partial charge in [-0.05, 0) is 36.8 Å². The standard InChI is InChI=1S/C25H28N2O5/c1-17-24-19(15-27(16-31-24)8-7-26-9-11-30-12-10-26)14-21-23(28)22(32-25(17)21)13-18-3-5-20(29-2)6-4-18/h3-6,13-14H,7-12,15-16H2,1-2H3/b22-13-. The molecule has 1 saturated heterocycles. The Kier molecular flexibility index (Phi) is 5.87. The minimum Gasteiger partial charge on any atom is -0.497 e. The van der Waals surface area contributed by atoms with Gasteiger partial charge in [-0.15, -0.1) is 0 Å². The number of rotatable bonds is 5. The maximum absolute atomic E-state index is 13.1. The van der Waals surface area contributed by atoms with Crippen molar-refractivity contribution in [3.63, 3.8) is 0 Å². The minimum atomic E-state index is -0.0906. The van der Waals surface area contributed by atoms with Crippen LogP contribution >= 0.6 is 0 Å². The minimum absolute atomic E-state index is 0.0906. The van der Waals surface area contributed by atoms with E-state index in [0.29, 0.717) is 23.8 Å². The molecule has 0 spiro atoms. The Bertz CT molecular complexity index is 1040. The van der Waals surface area contributed by atoms with Crippen LogP contribution in [0, 0.1) is 6.92 Å². The molecule has 0 saturated carbocycles. The van der Waals surface area contributed by atoms with E-state index in [4.69, 9.17) is 18.9 Å². The summed E-state index contributed by atoms with van der Waals surface area (Å²) in [6.07, 6.45) is 1.77. The Balaban J connectivity index is 1.32. The first-order valence-corrected chi connectivity index (χ1v) is 11.0. The van der Waals surface area contributed by atoms with Gasteiger partial charge < -0.3 is 18.9 Å². The zero-order valence-electron chi connectivity index (χ0n) is 18.6. The van der Waals surface area contributed by atoms with Gasteiger partial charge in [-0.25, -0.2) is 0 Å². The van der Waals surface area contributed by atoms with Gasteiger partial charge in [0.15, 0.2) is 5.76 Å². The Morgan fingerprint density at radius 2 is 1.81 bits per heavy atom. The van der Waals surface area contributed by atoms with Crippen LogP contribution in [-0.4, -0.2) is 68.8 Å². The number of Topliss-reactive ketones (excluding diaryl/α,β-unsaturated/α-hetero) is 1. The molecule has 7 nitrogen and oxygen atoms in total. The van der Waals surface area contributed by atoms with E-state index < -0.39 is 0 Å². The van der Waals surface area contributed by atoms with Crippen molar-refractivity contribution in [1.29, 1.82) is 0 Å². The molecule has 168 valence electrons. The number of hydrogen-bond donors (Lipinski definition) is 0. The molecule has 0 N–H and O–H groups in total. The van der Waals surface area contributed by atoms with Gasteiger partial charge in [0.1, 0.15) is 24.0 Å². The maximum atomic E-state index is 13.1. The number of nitrogens with zero attached hydrogens (tertiary/aromatic N) is 2.